The molecule has 0 bridgehead atoms. The monoisotopic (exact) mass is 360 g/mol. The number of carbonyl (C=O) groups excluding carboxylic acids is 2. The highest BCUT2D eigenvalue weighted by molar-refractivity contribution is 7.09. The lowest BCUT2D eigenvalue weighted by atomic mass is 10.2. The van der Waals surface area contributed by atoms with E-state index in [1.807, 2.05) is 36.6 Å². The highest BCUT2D eigenvalue weighted by atomic mass is 32.1. The molecule has 1 N–H and O–H groups in total. The maximum Gasteiger partial charge on any atom is 0.410 e. The Bertz CT molecular complexity index is 760. The molecule has 1 aromatic carbocycles. The van der Waals surface area contributed by atoms with Gasteiger partial charge in [0.05, 0.1) is 23.8 Å². The van der Waals surface area contributed by atoms with E-state index in [-0.39, 0.29) is 12.1 Å². The van der Waals surface area contributed by atoms with E-state index in [2.05, 4.69) is 10.3 Å². The second-order valence-corrected chi connectivity index (χ2v) is 6.94. The largest absolute Gasteiger partial charge is 0.448 e. The van der Waals surface area contributed by atoms with Crippen molar-refractivity contribution >= 4 is 29.1 Å². The number of carbonyl (C=O) groups is 2. The quantitative estimate of drug-likeness (QED) is 0.889. The predicted octanol–water partition coefficient (Wildman–Crippen LogP) is 3.07. The Morgan fingerprint density at radius 1 is 1.40 bits per heavy atom. The third kappa shape index (κ3) is 4.48. The van der Waals surface area contributed by atoms with Crippen LogP contribution < -0.4 is 5.32 Å². The molecule has 8 heteroatoms. The number of anilines is 1. The summed E-state index contributed by atoms with van der Waals surface area (Å²) in [6.45, 7) is 3.97. The third-order valence-corrected chi connectivity index (χ3v) is 4.66. The average Bonchev–Trinajstić information content (AvgIpc) is 3.18. The number of cyclic esters (lactones) is 1. The molecule has 3 amide bonds. The van der Waals surface area contributed by atoms with Crippen LogP contribution in [0.25, 0.3) is 0 Å². The van der Waals surface area contributed by atoms with Gasteiger partial charge in [0.2, 0.25) is 0 Å². The third-order valence-electron chi connectivity index (χ3n) is 3.84. The van der Waals surface area contributed by atoms with Gasteiger partial charge in [0.25, 0.3) is 0 Å². The lowest BCUT2D eigenvalue weighted by molar-refractivity contribution is 0.157. The summed E-state index contributed by atoms with van der Waals surface area (Å²) < 4.78 is 4.91. The van der Waals surface area contributed by atoms with Crippen molar-refractivity contribution in [1.82, 2.24) is 14.8 Å². The Morgan fingerprint density at radius 2 is 2.16 bits per heavy atom. The summed E-state index contributed by atoms with van der Waals surface area (Å²) in [5, 5.41) is 5.80. The predicted molar refractivity (Wildman–Crippen MR) is 95.5 cm³/mol. The Labute approximate surface area is 150 Å². The molecular formula is C17H20N4O3S. The lowest BCUT2D eigenvalue weighted by Gasteiger charge is -2.17. The van der Waals surface area contributed by atoms with Gasteiger partial charge in [0, 0.05) is 24.7 Å². The molecule has 1 fully saturated rings. The molecule has 132 valence electrons. The summed E-state index contributed by atoms with van der Waals surface area (Å²) in [6, 6.07) is 7.25. The van der Waals surface area contributed by atoms with Gasteiger partial charge in [-0.05, 0) is 24.6 Å². The van der Waals surface area contributed by atoms with Crippen LogP contribution in [0, 0.1) is 6.92 Å². The van der Waals surface area contributed by atoms with E-state index in [1.165, 1.54) is 0 Å². The zero-order chi connectivity index (χ0) is 17.8. The number of nitrogens with one attached hydrogen (secondary N) is 1. The van der Waals surface area contributed by atoms with E-state index in [4.69, 9.17) is 4.74 Å². The number of hydrogen-bond acceptors (Lipinski definition) is 5. The Balaban J connectivity index is 1.53. The van der Waals surface area contributed by atoms with Crippen LogP contribution in [0.4, 0.5) is 15.3 Å². The van der Waals surface area contributed by atoms with Crippen LogP contribution in [0.15, 0.2) is 29.6 Å². The zero-order valence-corrected chi connectivity index (χ0v) is 15.0. The minimum Gasteiger partial charge on any atom is -0.448 e. The van der Waals surface area contributed by atoms with Crippen LogP contribution in [-0.2, 0) is 17.8 Å². The summed E-state index contributed by atoms with van der Waals surface area (Å²) >= 11 is 1.57. The Hall–Kier alpha value is -2.61. The molecule has 1 aliphatic rings. The van der Waals surface area contributed by atoms with Crippen molar-refractivity contribution in [3.63, 3.8) is 0 Å². The van der Waals surface area contributed by atoms with E-state index in [1.54, 1.807) is 28.2 Å². The fraction of sp³-hybridized carbons (Fsp3) is 0.353. The van der Waals surface area contributed by atoms with Gasteiger partial charge in [-0.2, -0.15) is 0 Å². The number of aryl methyl sites for hydroxylation is 1. The van der Waals surface area contributed by atoms with Gasteiger partial charge in [-0.3, -0.25) is 0 Å². The Morgan fingerprint density at radius 3 is 2.76 bits per heavy atom. The molecule has 0 saturated carbocycles. The number of benzene rings is 1. The molecule has 7 nitrogen and oxygen atoms in total. The fourth-order valence-electron chi connectivity index (χ4n) is 2.50. The van der Waals surface area contributed by atoms with E-state index >= 15 is 0 Å². The second kappa shape index (κ2) is 7.52. The zero-order valence-electron chi connectivity index (χ0n) is 14.2. The van der Waals surface area contributed by atoms with Gasteiger partial charge in [0.15, 0.2) is 0 Å². The van der Waals surface area contributed by atoms with E-state index in [9.17, 15) is 9.59 Å². The molecule has 0 atom stereocenters. The van der Waals surface area contributed by atoms with Gasteiger partial charge in [-0.15, -0.1) is 11.3 Å². The Kier molecular flexibility index (Phi) is 5.18. The molecule has 2 aromatic rings. The van der Waals surface area contributed by atoms with Gasteiger partial charge in [-0.25, -0.2) is 14.6 Å². The number of urea groups is 1. The molecule has 0 radical (unpaired) electrons. The van der Waals surface area contributed by atoms with Crippen molar-refractivity contribution < 1.29 is 14.3 Å². The SMILES string of the molecule is Cc1nc(CN(C)C(=O)Nc2ccc(CN3CCOC3=O)cc2)cs1. The van der Waals surface area contributed by atoms with E-state index < -0.39 is 0 Å². The second-order valence-electron chi connectivity index (χ2n) is 5.88. The van der Waals surface area contributed by atoms with Gasteiger partial charge in [-0.1, -0.05) is 12.1 Å². The molecular weight excluding hydrogens is 340 g/mol. The van der Waals surface area contributed by atoms with Gasteiger partial charge >= 0.3 is 12.1 Å². The van der Waals surface area contributed by atoms with E-state index in [0.717, 1.165) is 16.3 Å². The molecule has 2 heterocycles. The number of nitrogens with zero attached hydrogens (tertiary/aromatic N) is 3. The molecule has 1 aromatic heterocycles. The minimum atomic E-state index is -0.281. The summed E-state index contributed by atoms with van der Waals surface area (Å²) in [6.07, 6.45) is -0.281. The van der Waals surface area contributed by atoms with Crippen molar-refractivity contribution in [3.05, 3.63) is 45.9 Å². The normalized spacial score (nSPS) is 13.7. The van der Waals surface area contributed by atoms with Crippen LogP contribution in [0.5, 0.6) is 0 Å². The van der Waals surface area contributed by atoms with Crippen molar-refractivity contribution in [1.29, 1.82) is 0 Å². The molecule has 0 aliphatic carbocycles. The van der Waals surface area contributed by atoms with Crippen LogP contribution in [0.2, 0.25) is 0 Å². The first-order valence-corrected chi connectivity index (χ1v) is 8.83. The van der Waals surface area contributed by atoms with E-state index in [0.29, 0.717) is 31.9 Å². The molecule has 3 rings (SSSR count). The van der Waals surface area contributed by atoms with Crippen molar-refractivity contribution in [2.24, 2.45) is 0 Å². The van der Waals surface area contributed by atoms with Crippen LogP contribution in [0.1, 0.15) is 16.3 Å². The first kappa shape index (κ1) is 17.2. The smallest absolute Gasteiger partial charge is 0.410 e. The highest BCUT2D eigenvalue weighted by Crippen LogP contribution is 2.15. The molecule has 1 aliphatic heterocycles. The minimum absolute atomic E-state index is 0.193. The van der Waals surface area contributed by atoms with Gasteiger partial charge < -0.3 is 19.9 Å². The van der Waals surface area contributed by atoms with Crippen molar-refractivity contribution in [2.75, 3.05) is 25.5 Å². The molecule has 25 heavy (non-hydrogen) atoms. The number of hydrogen-bond donors (Lipinski definition) is 1. The number of thiazole rings is 1. The number of aromatic nitrogens is 1. The number of amides is 3. The highest BCUT2D eigenvalue weighted by Gasteiger charge is 2.21. The van der Waals surface area contributed by atoms with Gasteiger partial charge in [0.1, 0.15) is 6.61 Å². The number of rotatable bonds is 5. The average molecular weight is 360 g/mol. The number of ether oxygens (including phenoxy) is 1. The summed E-state index contributed by atoms with van der Waals surface area (Å²) in [5.74, 6) is 0. The maximum absolute atomic E-state index is 12.3. The van der Waals surface area contributed by atoms with Crippen LogP contribution in [0.3, 0.4) is 0 Å². The molecule has 0 unspecified atom stereocenters. The first-order chi connectivity index (χ1) is 12.0. The standard InChI is InChI=1S/C17H20N4O3S/c1-12-18-15(11-25-12)10-20(2)16(22)19-14-5-3-13(4-6-14)9-21-7-8-24-17(21)23/h3-6,11H,7-10H2,1-2H3,(H,19,22). The summed E-state index contributed by atoms with van der Waals surface area (Å²) in [4.78, 5) is 31.3. The maximum atomic E-state index is 12.3. The summed E-state index contributed by atoms with van der Waals surface area (Å²) in [5.41, 5.74) is 2.58. The lowest BCUT2D eigenvalue weighted by Crippen LogP contribution is -2.31. The first-order valence-electron chi connectivity index (χ1n) is 7.95. The fourth-order valence-corrected chi connectivity index (χ4v) is 3.10. The van der Waals surface area contributed by atoms with Crippen molar-refractivity contribution in [3.8, 4) is 0 Å². The topological polar surface area (TPSA) is 74.8 Å². The molecule has 0 spiro atoms. The summed E-state index contributed by atoms with van der Waals surface area (Å²) in [7, 11) is 1.73. The van der Waals surface area contributed by atoms with Crippen molar-refractivity contribution in [2.45, 2.75) is 20.0 Å². The van der Waals surface area contributed by atoms with Crippen LogP contribution >= 0.6 is 11.3 Å². The molecule has 1 saturated heterocycles. The van der Waals surface area contributed by atoms with Crippen LogP contribution in [-0.4, -0.2) is 47.1 Å².